The van der Waals surface area contributed by atoms with Crippen LogP contribution in [-0.4, -0.2) is 18.1 Å². The summed E-state index contributed by atoms with van der Waals surface area (Å²) >= 11 is 0. The molecule has 0 saturated carbocycles. The van der Waals surface area contributed by atoms with Crippen LogP contribution in [0.2, 0.25) is 0 Å². The summed E-state index contributed by atoms with van der Waals surface area (Å²) in [5.41, 5.74) is 7.42. The van der Waals surface area contributed by atoms with Crippen molar-refractivity contribution in [3.05, 3.63) is 54.1 Å². The Morgan fingerprint density at radius 1 is 1.17 bits per heavy atom. The fourth-order valence-corrected chi connectivity index (χ4v) is 1.73. The second-order valence-corrected chi connectivity index (χ2v) is 3.97. The van der Waals surface area contributed by atoms with Crippen LogP contribution in [0.25, 0.3) is 0 Å². The van der Waals surface area contributed by atoms with E-state index in [1.54, 1.807) is 31.3 Å². The summed E-state index contributed by atoms with van der Waals surface area (Å²) in [5, 5.41) is 9.37. The Kier molecular flexibility index (Phi) is 3.19. The summed E-state index contributed by atoms with van der Waals surface area (Å²) < 4.78 is 0. The number of hydrogen-bond acceptors (Lipinski definition) is 3. The number of hydrogen-bond donors (Lipinski definition) is 2. The number of nitrogens with two attached hydrogens (primary N) is 1. The Labute approximate surface area is 105 Å². The molecule has 2 aromatic rings. The highest BCUT2D eigenvalue weighted by molar-refractivity contribution is 6.07. The number of rotatable bonds is 2. The van der Waals surface area contributed by atoms with Gasteiger partial charge in [-0.1, -0.05) is 18.2 Å². The zero-order chi connectivity index (χ0) is 13.1. The van der Waals surface area contributed by atoms with Gasteiger partial charge in [0.25, 0.3) is 5.91 Å². The lowest BCUT2D eigenvalue weighted by Crippen LogP contribution is -2.26. The first-order valence-corrected chi connectivity index (χ1v) is 5.51. The molecule has 0 atom stereocenters. The topological polar surface area (TPSA) is 66.6 Å². The first-order valence-electron chi connectivity index (χ1n) is 5.51. The first-order chi connectivity index (χ1) is 8.59. The Morgan fingerprint density at radius 2 is 1.89 bits per heavy atom. The fourth-order valence-electron chi connectivity index (χ4n) is 1.73. The third-order valence-electron chi connectivity index (χ3n) is 2.70. The number of carbonyl (C=O) groups excluding carboxylic acids is 1. The van der Waals surface area contributed by atoms with Crippen LogP contribution in [0.4, 0.5) is 11.4 Å². The van der Waals surface area contributed by atoms with Gasteiger partial charge in [0.05, 0.1) is 11.4 Å². The number of nitrogens with zero attached hydrogens (tertiary/aromatic N) is 1. The average molecular weight is 242 g/mol. The van der Waals surface area contributed by atoms with Gasteiger partial charge in [0.1, 0.15) is 5.75 Å². The predicted octanol–water partition coefficient (Wildman–Crippen LogP) is 2.25. The fraction of sp³-hybridized carbons (Fsp3) is 0.0714. The van der Waals surface area contributed by atoms with E-state index < -0.39 is 0 Å². The van der Waals surface area contributed by atoms with Gasteiger partial charge in [-0.15, -0.1) is 0 Å². The molecule has 0 saturated heterocycles. The summed E-state index contributed by atoms with van der Waals surface area (Å²) in [4.78, 5) is 13.7. The molecular formula is C14H14N2O2. The minimum absolute atomic E-state index is 0.0651. The normalized spacial score (nSPS) is 10.1. The molecule has 1 amide bonds. The summed E-state index contributed by atoms with van der Waals surface area (Å²) in [7, 11) is 1.65. The van der Waals surface area contributed by atoms with E-state index in [1.165, 1.54) is 17.0 Å². The van der Waals surface area contributed by atoms with Crippen LogP contribution in [0.5, 0.6) is 5.75 Å². The van der Waals surface area contributed by atoms with Gasteiger partial charge in [-0.2, -0.15) is 0 Å². The van der Waals surface area contributed by atoms with Crippen molar-refractivity contribution in [1.29, 1.82) is 0 Å². The largest absolute Gasteiger partial charge is 0.508 e. The summed E-state index contributed by atoms with van der Waals surface area (Å²) in [6.07, 6.45) is 0. The van der Waals surface area contributed by atoms with Gasteiger partial charge in [-0.25, -0.2) is 0 Å². The average Bonchev–Trinajstić information content (AvgIpc) is 2.37. The van der Waals surface area contributed by atoms with Crippen molar-refractivity contribution in [3.8, 4) is 5.75 Å². The van der Waals surface area contributed by atoms with Gasteiger partial charge in [-0.3, -0.25) is 4.79 Å². The SMILES string of the molecule is CN(C(=O)c1cccc(O)c1)c1ccccc1N. The number of para-hydroxylation sites is 2. The van der Waals surface area contributed by atoms with E-state index in [2.05, 4.69) is 0 Å². The van der Waals surface area contributed by atoms with Crippen molar-refractivity contribution < 1.29 is 9.90 Å². The van der Waals surface area contributed by atoms with Crippen molar-refractivity contribution in [1.82, 2.24) is 0 Å². The lowest BCUT2D eigenvalue weighted by atomic mass is 10.1. The predicted molar refractivity (Wildman–Crippen MR) is 71.7 cm³/mol. The number of carbonyl (C=O) groups is 1. The Morgan fingerprint density at radius 3 is 2.56 bits per heavy atom. The molecule has 18 heavy (non-hydrogen) atoms. The summed E-state index contributed by atoms with van der Waals surface area (Å²) in [6.45, 7) is 0. The van der Waals surface area contributed by atoms with E-state index in [1.807, 2.05) is 12.1 Å². The molecule has 0 aliphatic heterocycles. The standard InChI is InChI=1S/C14H14N2O2/c1-16(13-8-3-2-7-12(13)15)14(18)10-5-4-6-11(17)9-10/h2-9,17H,15H2,1H3. The van der Waals surface area contributed by atoms with Crippen LogP contribution in [0.1, 0.15) is 10.4 Å². The van der Waals surface area contributed by atoms with Gasteiger partial charge in [0, 0.05) is 12.6 Å². The van der Waals surface area contributed by atoms with Gasteiger partial charge < -0.3 is 15.7 Å². The lowest BCUT2D eigenvalue weighted by Gasteiger charge is -2.19. The van der Waals surface area contributed by atoms with Gasteiger partial charge in [0.2, 0.25) is 0 Å². The van der Waals surface area contributed by atoms with E-state index in [0.29, 0.717) is 16.9 Å². The zero-order valence-corrected chi connectivity index (χ0v) is 10.00. The Bertz CT molecular complexity index is 582. The van der Waals surface area contributed by atoms with Crippen LogP contribution >= 0.6 is 0 Å². The third-order valence-corrected chi connectivity index (χ3v) is 2.70. The van der Waals surface area contributed by atoms with Crippen LogP contribution in [0.15, 0.2) is 48.5 Å². The van der Waals surface area contributed by atoms with E-state index in [9.17, 15) is 9.90 Å². The van der Waals surface area contributed by atoms with E-state index in [0.717, 1.165) is 0 Å². The number of phenols is 1. The monoisotopic (exact) mass is 242 g/mol. The molecule has 3 N–H and O–H groups in total. The van der Waals surface area contributed by atoms with Crippen molar-refractivity contribution in [2.45, 2.75) is 0 Å². The molecule has 0 unspecified atom stereocenters. The Hall–Kier alpha value is -2.49. The molecule has 4 nitrogen and oxygen atoms in total. The second kappa shape index (κ2) is 4.79. The van der Waals surface area contributed by atoms with Gasteiger partial charge in [0.15, 0.2) is 0 Å². The van der Waals surface area contributed by atoms with Crippen molar-refractivity contribution >= 4 is 17.3 Å². The highest BCUT2D eigenvalue weighted by Crippen LogP contribution is 2.23. The quantitative estimate of drug-likeness (QED) is 0.794. The molecule has 2 rings (SSSR count). The highest BCUT2D eigenvalue weighted by Gasteiger charge is 2.15. The molecule has 92 valence electrons. The van der Waals surface area contributed by atoms with Crippen molar-refractivity contribution in [2.75, 3.05) is 17.7 Å². The van der Waals surface area contributed by atoms with Crippen LogP contribution in [-0.2, 0) is 0 Å². The number of phenolic OH excluding ortho intramolecular Hbond substituents is 1. The number of aromatic hydroxyl groups is 1. The number of amides is 1. The van der Waals surface area contributed by atoms with Crippen LogP contribution in [0, 0.1) is 0 Å². The van der Waals surface area contributed by atoms with E-state index in [-0.39, 0.29) is 11.7 Å². The summed E-state index contributed by atoms with van der Waals surface area (Å²) in [5.74, 6) is -0.154. The lowest BCUT2D eigenvalue weighted by molar-refractivity contribution is 0.0992. The Balaban J connectivity index is 2.32. The second-order valence-electron chi connectivity index (χ2n) is 3.97. The zero-order valence-electron chi connectivity index (χ0n) is 10.00. The molecule has 0 fully saturated rings. The van der Waals surface area contributed by atoms with Gasteiger partial charge in [-0.05, 0) is 30.3 Å². The van der Waals surface area contributed by atoms with E-state index in [4.69, 9.17) is 5.73 Å². The molecular weight excluding hydrogens is 228 g/mol. The maximum Gasteiger partial charge on any atom is 0.258 e. The van der Waals surface area contributed by atoms with Crippen molar-refractivity contribution in [3.63, 3.8) is 0 Å². The number of benzene rings is 2. The van der Waals surface area contributed by atoms with Crippen molar-refractivity contribution in [2.24, 2.45) is 0 Å². The smallest absolute Gasteiger partial charge is 0.258 e. The highest BCUT2D eigenvalue weighted by atomic mass is 16.3. The maximum absolute atomic E-state index is 12.2. The molecule has 0 aromatic heterocycles. The molecule has 0 radical (unpaired) electrons. The number of nitrogen functional groups attached to an aromatic ring is 1. The molecule has 0 aliphatic carbocycles. The van der Waals surface area contributed by atoms with Gasteiger partial charge >= 0.3 is 0 Å². The summed E-state index contributed by atoms with van der Waals surface area (Å²) in [6, 6.07) is 13.4. The molecule has 0 heterocycles. The van der Waals surface area contributed by atoms with Crippen LogP contribution < -0.4 is 10.6 Å². The minimum Gasteiger partial charge on any atom is -0.508 e. The minimum atomic E-state index is -0.219. The molecule has 2 aromatic carbocycles. The first kappa shape index (κ1) is 12.0. The third kappa shape index (κ3) is 2.27. The number of anilines is 2. The molecule has 0 aliphatic rings. The maximum atomic E-state index is 12.2. The van der Waals surface area contributed by atoms with Crippen LogP contribution in [0.3, 0.4) is 0 Å². The molecule has 0 spiro atoms. The van der Waals surface area contributed by atoms with E-state index >= 15 is 0 Å². The molecule has 4 heteroatoms. The molecule has 0 bridgehead atoms.